The van der Waals surface area contributed by atoms with E-state index < -0.39 is 5.97 Å². The van der Waals surface area contributed by atoms with Crippen molar-refractivity contribution >= 4 is 29.2 Å². The highest BCUT2D eigenvalue weighted by Gasteiger charge is 2.19. The van der Waals surface area contributed by atoms with Crippen molar-refractivity contribution in [1.29, 1.82) is 0 Å². The van der Waals surface area contributed by atoms with Crippen molar-refractivity contribution in [3.63, 3.8) is 0 Å². The molecule has 0 aliphatic heterocycles. The fourth-order valence-electron chi connectivity index (χ4n) is 1.44. The van der Waals surface area contributed by atoms with Gasteiger partial charge in [-0.2, -0.15) is 5.10 Å². The quantitative estimate of drug-likeness (QED) is 0.642. The maximum atomic E-state index is 11.7. The topological polar surface area (TPSA) is 57.0 Å². The molecule has 0 amide bonds. The first-order chi connectivity index (χ1) is 8.67. The normalized spacial score (nSPS) is 10.4. The molecule has 0 saturated carbocycles. The number of nitrogens with zero attached hydrogens (tertiary/aromatic N) is 3. The van der Waals surface area contributed by atoms with Crippen LogP contribution in [-0.2, 0) is 10.6 Å². The minimum Gasteiger partial charge on any atom is -0.464 e. The van der Waals surface area contributed by atoms with Gasteiger partial charge in [-0.05, 0) is 18.2 Å². The van der Waals surface area contributed by atoms with Crippen molar-refractivity contribution < 1.29 is 9.53 Å². The lowest BCUT2D eigenvalue weighted by Gasteiger charge is -2.06. The van der Waals surface area contributed by atoms with Crippen LogP contribution in [0.1, 0.15) is 16.2 Å². The summed E-state index contributed by atoms with van der Waals surface area (Å²) < 4.78 is 6.01. The van der Waals surface area contributed by atoms with E-state index in [0.717, 1.165) is 0 Å². The maximum Gasteiger partial charge on any atom is 0.356 e. The van der Waals surface area contributed by atoms with Gasteiger partial charge in [-0.25, -0.2) is 14.5 Å². The zero-order valence-corrected chi connectivity index (χ0v) is 10.9. The number of esters is 1. The summed E-state index contributed by atoms with van der Waals surface area (Å²) in [4.78, 5) is 15.7. The number of pyridine rings is 1. The summed E-state index contributed by atoms with van der Waals surface area (Å²) in [6.07, 6.45) is 1.56. The summed E-state index contributed by atoms with van der Waals surface area (Å²) in [6, 6.07) is 4.90. The number of aromatic nitrogens is 3. The molecular formula is C11H9Cl2N3O2. The SMILES string of the molecule is COC(=O)c1cc(CCl)nn1-c1ncccc1Cl. The number of ether oxygens (including phenoxy) is 1. The highest BCUT2D eigenvalue weighted by atomic mass is 35.5. The van der Waals surface area contributed by atoms with Crippen molar-refractivity contribution in [2.75, 3.05) is 7.11 Å². The van der Waals surface area contributed by atoms with Gasteiger partial charge in [0.05, 0.1) is 23.7 Å². The molecule has 2 rings (SSSR count). The Morgan fingerprint density at radius 2 is 2.33 bits per heavy atom. The first kappa shape index (κ1) is 12.9. The van der Waals surface area contributed by atoms with Gasteiger partial charge in [-0.1, -0.05) is 11.6 Å². The second kappa shape index (κ2) is 5.37. The minimum absolute atomic E-state index is 0.182. The molecule has 0 atom stereocenters. The zero-order valence-electron chi connectivity index (χ0n) is 9.43. The molecule has 0 aliphatic rings. The first-order valence-electron chi connectivity index (χ1n) is 5.01. The van der Waals surface area contributed by atoms with Crippen LogP contribution >= 0.6 is 23.2 Å². The third kappa shape index (κ3) is 2.32. The maximum absolute atomic E-state index is 11.7. The average molecular weight is 286 g/mol. The molecule has 0 fully saturated rings. The molecule has 0 aliphatic carbocycles. The van der Waals surface area contributed by atoms with Gasteiger partial charge in [0.25, 0.3) is 0 Å². The molecule has 0 aromatic carbocycles. The lowest BCUT2D eigenvalue weighted by molar-refractivity contribution is 0.0590. The van der Waals surface area contributed by atoms with E-state index in [9.17, 15) is 4.79 Å². The molecule has 2 aromatic heterocycles. The Morgan fingerprint density at radius 3 is 2.94 bits per heavy atom. The summed E-state index contributed by atoms with van der Waals surface area (Å²) in [6.45, 7) is 0. The number of carbonyl (C=O) groups is 1. The van der Waals surface area contributed by atoms with Gasteiger partial charge < -0.3 is 4.74 Å². The highest BCUT2D eigenvalue weighted by Crippen LogP contribution is 2.20. The van der Waals surface area contributed by atoms with E-state index in [1.54, 1.807) is 24.4 Å². The number of hydrogen-bond donors (Lipinski definition) is 0. The molecule has 2 aromatic rings. The van der Waals surface area contributed by atoms with Crippen molar-refractivity contribution in [2.45, 2.75) is 5.88 Å². The molecule has 0 unspecified atom stereocenters. The predicted octanol–water partition coefficient (Wildman–Crippen LogP) is 2.45. The van der Waals surface area contributed by atoms with Crippen LogP contribution in [0.15, 0.2) is 24.4 Å². The van der Waals surface area contributed by atoms with E-state index in [0.29, 0.717) is 16.5 Å². The molecule has 2 heterocycles. The van der Waals surface area contributed by atoms with E-state index in [1.165, 1.54) is 11.8 Å². The standard InChI is InChI=1S/C11H9Cl2N3O2/c1-18-11(17)9-5-7(6-12)15-16(9)10-8(13)3-2-4-14-10/h2-5H,6H2,1H3. The molecular weight excluding hydrogens is 277 g/mol. The predicted molar refractivity (Wildman–Crippen MR) is 67.3 cm³/mol. The fourth-order valence-corrected chi connectivity index (χ4v) is 1.77. The van der Waals surface area contributed by atoms with Gasteiger partial charge in [0, 0.05) is 6.20 Å². The van der Waals surface area contributed by atoms with E-state index in [-0.39, 0.29) is 11.6 Å². The molecule has 5 nitrogen and oxygen atoms in total. The Kier molecular flexibility index (Phi) is 3.84. The van der Waals surface area contributed by atoms with Crippen LogP contribution in [0.4, 0.5) is 0 Å². The largest absolute Gasteiger partial charge is 0.464 e. The Labute approximate surface area is 113 Å². The van der Waals surface area contributed by atoms with Crippen molar-refractivity contribution in [1.82, 2.24) is 14.8 Å². The van der Waals surface area contributed by atoms with E-state index in [2.05, 4.69) is 14.8 Å². The van der Waals surface area contributed by atoms with Crippen LogP contribution < -0.4 is 0 Å². The van der Waals surface area contributed by atoms with Gasteiger partial charge in [0.2, 0.25) is 0 Å². The highest BCUT2D eigenvalue weighted by molar-refractivity contribution is 6.32. The van der Waals surface area contributed by atoms with Gasteiger partial charge in [-0.3, -0.25) is 0 Å². The van der Waals surface area contributed by atoms with Crippen molar-refractivity contribution in [2.24, 2.45) is 0 Å². The second-order valence-corrected chi connectivity index (χ2v) is 4.04. The van der Waals surface area contributed by atoms with Gasteiger partial charge >= 0.3 is 5.97 Å². The average Bonchev–Trinajstić information content (AvgIpc) is 2.82. The molecule has 0 radical (unpaired) electrons. The number of methoxy groups -OCH3 is 1. The summed E-state index contributed by atoms with van der Waals surface area (Å²) >= 11 is 11.7. The summed E-state index contributed by atoms with van der Waals surface area (Å²) in [7, 11) is 1.29. The minimum atomic E-state index is -0.527. The lowest BCUT2D eigenvalue weighted by Crippen LogP contribution is -2.11. The molecule has 94 valence electrons. The molecule has 0 saturated heterocycles. The van der Waals surface area contributed by atoms with Crippen LogP contribution in [0.3, 0.4) is 0 Å². The Balaban J connectivity index is 2.59. The number of rotatable bonds is 3. The molecule has 0 bridgehead atoms. The van der Waals surface area contributed by atoms with Crippen LogP contribution in [0.25, 0.3) is 5.82 Å². The van der Waals surface area contributed by atoms with Crippen LogP contribution in [-0.4, -0.2) is 27.8 Å². The smallest absolute Gasteiger partial charge is 0.356 e. The number of halogens is 2. The fraction of sp³-hybridized carbons (Fsp3) is 0.182. The first-order valence-corrected chi connectivity index (χ1v) is 5.92. The van der Waals surface area contributed by atoms with Gasteiger partial charge in [-0.15, -0.1) is 11.6 Å². The summed E-state index contributed by atoms with van der Waals surface area (Å²) in [5.74, 6) is 0.0121. The Morgan fingerprint density at radius 1 is 1.56 bits per heavy atom. The van der Waals surface area contributed by atoms with Crippen molar-refractivity contribution in [3.8, 4) is 5.82 Å². The second-order valence-electron chi connectivity index (χ2n) is 3.37. The van der Waals surface area contributed by atoms with E-state index in [4.69, 9.17) is 23.2 Å². The third-order valence-electron chi connectivity index (χ3n) is 2.23. The van der Waals surface area contributed by atoms with Gasteiger partial charge in [0.1, 0.15) is 0 Å². The summed E-state index contributed by atoms with van der Waals surface area (Å²) in [5.41, 5.74) is 0.771. The zero-order chi connectivity index (χ0) is 13.1. The van der Waals surface area contributed by atoms with E-state index in [1.807, 2.05) is 0 Å². The molecule has 18 heavy (non-hydrogen) atoms. The number of carbonyl (C=O) groups excluding carboxylic acids is 1. The Hall–Kier alpha value is -1.59. The van der Waals surface area contributed by atoms with E-state index >= 15 is 0 Å². The number of hydrogen-bond acceptors (Lipinski definition) is 4. The molecule has 7 heteroatoms. The van der Waals surface area contributed by atoms with Gasteiger partial charge in [0.15, 0.2) is 11.5 Å². The van der Waals surface area contributed by atoms with Crippen LogP contribution in [0, 0.1) is 0 Å². The molecule has 0 N–H and O–H groups in total. The third-order valence-corrected chi connectivity index (χ3v) is 2.80. The van der Waals surface area contributed by atoms with Crippen LogP contribution in [0.2, 0.25) is 5.02 Å². The number of alkyl halides is 1. The van der Waals surface area contributed by atoms with Crippen LogP contribution in [0.5, 0.6) is 0 Å². The molecule has 0 spiro atoms. The Bertz CT molecular complexity index is 583. The lowest BCUT2D eigenvalue weighted by atomic mass is 10.3. The van der Waals surface area contributed by atoms with Crippen molar-refractivity contribution in [3.05, 3.63) is 40.8 Å². The summed E-state index contributed by atoms with van der Waals surface area (Å²) in [5, 5.41) is 4.55. The monoisotopic (exact) mass is 285 g/mol.